The van der Waals surface area contributed by atoms with Gasteiger partial charge in [-0.3, -0.25) is 4.79 Å². The van der Waals surface area contributed by atoms with E-state index in [9.17, 15) is 23.1 Å². The molecule has 1 unspecified atom stereocenters. The van der Waals surface area contributed by atoms with Gasteiger partial charge in [-0.1, -0.05) is 11.6 Å². The number of ether oxygens (including phenoxy) is 1. The minimum atomic E-state index is -5.08. The molecule has 3 aromatic rings. The Hall–Kier alpha value is -3.68. The van der Waals surface area contributed by atoms with Crippen LogP contribution in [0.5, 0.6) is 5.75 Å². The van der Waals surface area contributed by atoms with Crippen LogP contribution in [0.3, 0.4) is 0 Å². The van der Waals surface area contributed by atoms with E-state index in [1.807, 2.05) is 23.1 Å². The fourth-order valence-electron chi connectivity index (χ4n) is 4.85. The van der Waals surface area contributed by atoms with Gasteiger partial charge in [0, 0.05) is 48.2 Å². The summed E-state index contributed by atoms with van der Waals surface area (Å²) in [7, 11) is 1.64. The van der Waals surface area contributed by atoms with E-state index in [-0.39, 0.29) is 18.0 Å². The third-order valence-electron chi connectivity index (χ3n) is 6.98. The molecule has 14 heteroatoms. The summed E-state index contributed by atoms with van der Waals surface area (Å²) in [6, 6.07) is 12.9. The van der Waals surface area contributed by atoms with Crippen molar-refractivity contribution in [1.82, 2.24) is 20.2 Å². The summed E-state index contributed by atoms with van der Waals surface area (Å²) in [4.78, 5) is 34.5. The second kappa shape index (κ2) is 12.9. The van der Waals surface area contributed by atoms with Crippen molar-refractivity contribution in [2.45, 2.75) is 37.2 Å². The number of aromatic nitrogens is 2. The number of alkyl halides is 3. The van der Waals surface area contributed by atoms with Crippen LogP contribution >= 0.6 is 11.6 Å². The number of carboxylic acid groups (broad SMARTS) is 1. The van der Waals surface area contributed by atoms with Gasteiger partial charge in [-0.2, -0.15) is 13.2 Å². The standard InChI is InChI=1S/C25H28ClN5O3.C2HF3O2/c1-34-19-6-7-21-20(12-19)24(28-15-27-21)31-13-22(23(32)14-31)29-18-8-10-30(11-9-18)25(33)16-2-4-17(26)5-3-16;3-2(4,5)1(6)7/h2-7,12,15,18,22-23,29,32H,8-11,13-14H2,1H3;(H,6,7)/t22?,23-;/m1./s1. The first-order valence-corrected chi connectivity index (χ1v) is 13.2. The quantitative estimate of drug-likeness (QED) is 0.407. The molecule has 0 bridgehead atoms. The summed E-state index contributed by atoms with van der Waals surface area (Å²) in [5, 5.41) is 23.1. The Morgan fingerprint density at radius 3 is 2.34 bits per heavy atom. The third kappa shape index (κ3) is 7.54. The van der Waals surface area contributed by atoms with Gasteiger partial charge in [0.1, 0.15) is 17.9 Å². The number of rotatable bonds is 5. The van der Waals surface area contributed by atoms with Gasteiger partial charge >= 0.3 is 12.1 Å². The average Bonchev–Trinajstić information content (AvgIpc) is 3.32. The molecule has 0 radical (unpaired) electrons. The molecule has 2 aliphatic rings. The number of likely N-dealkylation sites (tertiary alicyclic amines) is 1. The first kappa shape index (κ1) is 30.3. The van der Waals surface area contributed by atoms with E-state index in [0.29, 0.717) is 36.8 Å². The van der Waals surface area contributed by atoms with E-state index in [4.69, 9.17) is 26.2 Å². The Morgan fingerprint density at radius 2 is 1.73 bits per heavy atom. The number of carbonyl (C=O) groups excluding carboxylic acids is 1. The first-order chi connectivity index (χ1) is 19.5. The number of nitrogens with one attached hydrogen (secondary N) is 1. The number of fused-ring (bicyclic) bond motifs is 1. The van der Waals surface area contributed by atoms with Crippen LogP contribution in [-0.2, 0) is 4.79 Å². The van der Waals surface area contributed by atoms with Crippen LogP contribution in [0, 0.1) is 0 Å². The van der Waals surface area contributed by atoms with Gasteiger partial charge in [-0.15, -0.1) is 0 Å². The van der Waals surface area contributed by atoms with E-state index < -0.39 is 18.2 Å². The molecule has 3 heterocycles. The van der Waals surface area contributed by atoms with Gasteiger partial charge in [-0.05, 0) is 55.3 Å². The number of anilines is 1. The van der Waals surface area contributed by atoms with Crippen molar-refractivity contribution in [3.8, 4) is 5.75 Å². The van der Waals surface area contributed by atoms with E-state index in [1.165, 1.54) is 0 Å². The number of nitrogens with zero attached hydrogens (tertiary/aromatic N) is 4. The van der Waals surface area contributed by atoms with Crippen molar-refractivity contribution in [3.63, 3.8) is 0 Å². The van der Waals surface area contributed by atoms with Crippen molar-refractivity contribution in [1.29, 1.82) is 0 Å². The highest BCUT2D eigenvalue weighted by Gasteiger charge is 2.38. The molecule has 0 aliphatic carbocycles. The molecule has 220 valence electrons. The molecule has 10 nitrogen and oxygen atoms in total. The maximum atomic E-state index is 12.8. The number of hydrogen-bond acceptors (Lipinski definition) is 8. The Balaban J connectivity index is 0.000000493. The Kier molecular flexibility index (Phi) is 9.51. The summed E-state index contributed by atoms with van der Waals surface area (Å²) >= 11 is 5.94. The summed E-state index contributed by atoms with van der Waals surface area (Å²) in [5.41, 5.74) is 1.50. The van der Waals surface area contributed by atoms with Crippen LogP contribution in [0.1, 0.15) is 23.2 Å². The largest absolute Gasteiger partial charge is 0.497 e. The molecule has 2 saturated heterocycles. The maximum Gasteiger partial charge on any atom is 0.490 e. The Morgan fingerprint density at radius 1 is 1.07 bits per heavy atom. The molecule has 2 fully saturated rings. The first-order valence-electron chi connectivity index (χ1n) is 12.8. The van der Waals surface area contributed by atoms with Crippen molar-refractivity contribution < 1.29 is 37.7 Å². The molecule has 0 saturated carbocycles. The van der Waals surface area contributed by atoms with E-state index in [2.05, 4.69) is 20.2 Å². The lowest BCUT2D eigenvalue weighted by molar-refractivity contribution is -0.192. The molecule has 3 N–H and O–H groups in total. The number of halogens is 4. The number of aliphatic hydroxyl groups excluding tert-OH is 1. The van der Waals surface area contributed by atoms with Crippen LogP contribution in [0.4, 0.5) is 19.0 Å². The number of aliphatic hydroxyl groups is 1. The number of carbonyl (C=O) groups is 2. The van der Waals surface area contributed by atoms with Crippen molar-refractivity contribution in [3.05, 3.63) is 59.4 Å². The lowest BCUT2D eigenvalue weighted by Crippen LogP contribution is -2.50. The normalized spacial score (nSPS) is 19.6. The summed E-state index contributed by atoms with van der Waals surface area (Å²) < 4.78 is 37.1. The third-order valence-corrected chi connectivity index (χ3v) is 7.23. The molecule has 2 aliphatic heterocycles. The number of carboxylic acids is 1. The predicted molar refractivity (Wildman–Crippen MR) is 145 cm³/mol. The van der Waals surface area contributed by atoms with E-state index >= 15 is 0 Å². The maximum absolute atomic E-state index is 12.8. The average molecular weight is 596 g/mol. The van der Waals surface area contributed by atoms with E-state index in [1.54, 1.807) is 37.7 Å². The van der Waals surface area contributed by atoms with Gasteiger partial charge < -0.3 is 30.1 Å². The molecule has 2 atom stereocenters. The van der Waals surface area contributed by atoms with Crippen LogP contribution in [-0.4, -0.2) is 94.6 Å². The Labute approximate surface area is 238 Å². The summed E-state index contributed by atoms with van der Waals surface area (Å²) in [6.45, 7) is 2.51. The number of benzene rings is 2. The summed E-state index contributed by atoms with van der Waals surface area (Å²) in [5.74, 6) is -1.17. The van der Waals surface area contributed by atoms with Gasteiger partial charge in [0.25, 0.3) is 5.91 Å². The zero-order chi connectivity index (χ0) is 29.7. The van der Waals surface area contributed by atoms with Gasteiger partial charge in [-0.25, -0.2) is 14.8 Å². The number of piperidine rings is 1. The zero-order valence-corrected chi connectivity index (χ0v) is 22.8. The van der Waals surface area contributed by atoms with Crippen LogP contribution < -0.4 is 15.0 Å². The van der Waals surface area contributed by atoms with Crippen molar-refractivity contribution >= 4 is 40.2 Å². The topological polar surface area (TPSA) is 128 Å². The fraction of sp³-hybridized carbons (Fsp3) is 0.407. The second-order valence-corrected chi connectivity index (χ2v) is 10.1. The fourth-order valence-corrected chi connectivity index (χ4v) is 4.98. The molecule has 41 heavy (non-hydrogen) atoms. The molecule has 2 aromatic carbocycles. The molecule has 1 amide bonds. The number of methoxy groups -OCH3 is 1. The van der Waals surface area contributed by atoms with Gasteiger partial charge in [0.15, 0.2) is 0 Å². The highest BCUT2D eigenvalue weighted by atomic mass is 35.5. The smallest absolute Gasteiger partial charge is 0.490 e. The zero-order valence-electron chi connectivity index (χ0n) is 22.0. The number of amides is 1. The van der Waals surface area contributed by atoms with Crippen LogP contribution in [0.2, 0.25) is 5.02 Å². The Bertz CT molecular complexity index is 1370. The SMILES string of the molecule is COc1ccc2ncnc(N3CC(NC4CCN(C(=O)c5ccc(Cl)cc5)CC4)[C@H](O)C3)c2c1.O=C(O)C(F)(F)F. The molecule has 1 aromatic heterocycles. The van der Waals surface area contributed by atoms with Crippen molar-refractivity contribution in [2.75, 3.05) is 38.2 Å². The molecular weight excluding hydrogens is 567 g/mol. The highest BCUT2D eigenvalue weighted by Crippen LogP contribution is 2.29. The van der Waals surface area contributed by atoms with Crippen molar-refractivity contribution in [2.24, 2.45) is 0 Å². The number of hydrogen-bond donors (Lipinski definition) is 3. The molecule has 0 spiro atoms. The number of aliphatic carboxylic acids is 1. The highest BCUT2D eigenvalue weighted by molar-refractivity contribution is 6.30. The number of β-amino-alcohol motifs (C(OH)–C–C–N with tert-alkyl or cyclic N) is 1. The van der Waals surface area contributed by atoms with Gasteiger partial charge in [0.2, 0.25) is 0 Å². The van der Waals surface area contributed by atoms with E-state index in [0.717, 1.165) is 35.3 Å². The lowest BCUT2D eigenvalue weighted by Gasteiger charge is -2.34. The van der Waals surface area contributed by atoms with Crippen LogP contribution in [0.25, 0.3) is 10.9 Å². The van der Waals surface area contributed by atoms with Gasteiger partial charge in [0.05, 0.1) is 24.8 Å². The lowest BCUT2D eigenvalue weighted by atomic mass is 10.0. The predicted octanol–water partition coefficient (Wildman–Crippen LogP) is 3.37. The minimum absolute atomic E-state index is 0.0354. The minimum Gasteiger partial charge on any atom is -0.497 e. The molecular formula is C27H29ClF3N5O5. The second-order valence-electron chi connectivity index (χ2n) is 9.70. The van der Waals surface area contributed by atoms with Crippen LogP contribution in [0.15, 0.2) is 48.8 Å². The summed E-state index contributed by atoms with van der Waals surface area (Å²) in [6.07, 6.45) is -2.35. The molecule has 5 rings (SSSR count). The monoisotopic (exact) mass is 595 g/mol.